The van der Waals surface area contributed by atoms with Gasteiger partial charge in [-0.1, -0.05) is 54.1 Å². The van der Waals surface area contributed by atoms with Crippen molar-refractivity contribution in [3.05, 3.63) is 98.7 Å². The third-order valence-electron chi connectivity index (χ3n) is 4.46. The van der Waals surface area contributed by atoms with Crippen molar-refractivity contribution in [1.82, 2.24) is 14.0 Å². The van der Waals surface area contributed by atoms with Crippen LogP contribution in [0.3, 0.4) is 0 Å². The van der Waals surface area contributed by atoms with Crippen molar-refractivity contribution in [1.29, 1.82) is 0 Å². The summed E-state index contributed by atoms with van der Waals surface area (Å²) in [6.45, 7) is 2.42. The van der Waals surface area contributed by atoms with Crippen LogP contribution < -0.4 is 5.56 Å². The van der Waals surface area contributed by atoms with Crippen LogP contribution in [0.15, 0.2) is 71.9 Å². The number of hydrogen-bond acceptors (Lipinski definition) is 4. The lowest BCUT2D eigenvalue weighted by atomic mass is 10.0. The van der Waals surface area contributed by atoms with Gasteiger partial charge in [-0.2, -0.15) is 0 Å². The van der Waals surface area contributed by atoms with Crippen LogP contribution in [0.2, 0.25) is 0 Å². The van der Waals surface area contributed by atoms with E-state index in [2.05, 4.69) is 36.2 Å². The van der Waals surface area contributed by atoms with Gasteiger partial charge in [0, 0.05) is 12.4 Å². The largest absolute Gasteiger partial charge is 0.382 e. The number of aryl methyl sites for hydroxylation is 1. The fourth-order valence-corrected chi connectivity index (χ4v) is 2.96. The van der Waals surface area contributed by atoms with Crippen LogP contribution in [0.5, 0.6) is 0 Å². The molecule has 0 aliphatic carbocycles. The Labute approximate surface area is 154 Å². The van der Waals surface area contributed by atoms with E-state index in [1.165, 1.54) is 20.7 Å². The summed E-state index contributed by atoms with van der Waals surface area (Å²) in [5.41, 5.74) is 4.08. The molecule has 0 saturated carbocycles. The number of aromatic nitrogens is 3. The normalized spacial score (nSPS) is 11.0. The number of imidazole rings is 1. The van der Waals surface area contributed by atoms with E-state index >= 15 is 0 Å². The first-order valence-electron chi connectivity index (χ1n) is 8.40. The van der Waals surface area contributed by atoms with Gasteiger partial charge in [-0.25, -0.2) is 0 Å². The quantitative estimate of drug-likeness (QED) is 0.412. The zero-order chi connectivity index (χ0) is 19.0. The average molecular weight is 360 g/mol. The molecule has 2 aromatic carbocycles. The van der Waals surface area contributed by atoms with Gasteiger partial charge < -0.3 is 14.7 Å². The number of rotatable bonds is 4. The first kappa shape index (κ1) is 16.7. The molecule has 0 spiro atoms. The molecular weight excluding hydrogens is 344 g/mol. The van der Waals surface area contributed by atoms with Crippen LogP contribution in [-0.4, -0.2) is 18.9 Å². The Morgan fingerprint density at radius 1 is 1.00 bits per heavy atom. The first-order chi connectivity index (χ1) is 13.0. The maximum atomic E-state index is 12.5. The number of benzene rings is 2. The van der Waals surface area contributed by atoms with Crippen molar-refractivity contribution in [3.63, 3.8) is 0 Å². The Balaban J connectivity index is 1.62. The molecule has 0 radical (unpaired) electrons. The van der Waals surface area contributed by atoms with Gasteiger partial charge in [-0.05, 0) is 33.5 Å². The van der Waals surface area contributed by atoms with Gasteiger partial charge in [0.15, 0.2) is 0 Å². The second-order valence-corrected chi connectivity index (χ2v) is 6.38. The molecule has 0 fully saturated rings. The molecule has 7 heteroatoms. The van der Waals surface area contributed by atoms with Gasteiger partial charge >= 0.3 is 17.0 Å². The van der Waals surface area contributed by atoms with Gasteiger partial charge in [0.2, 0.25) is 0 Å². The van der Waals surface area contributed by atoms with Gasteiger partial charge in [0.05, 0.1) is 6.54 Å². The number of nitrogens with zero attached hydrogens (tertiary/aromatic N) is 4. The predicted octanol–water partition coefficient (Wildman–Crippen LogP) is 3.43. The molecule has 7 nitrogen and oxygen atoms in total. The highest BCUT2D eigenvalue weighted by Crippen LogP contribution is 2.20. The van der Waals surface area contributed by atoms with Crippen LogP contribution in [0, 0.1) is 17.0 Å². The lowest BCUT2D eigenvalue weighted by molar-refractivity contribution is -0.389. The summed E-state index contributed by atoms with van der Waals surface area (Å²) in [4.78, 5) is 26.6. The average Bonchev–Trinajstić information content (AvgIpc) is 3.11. The first-order valence-corrected chi connectivity index (χ1v) is 8.40. The fraction of sp³-hybridized carbons (Fsp3) is 0.100. The van der Waals surface area contributed by atoms with E-state index in [0.29, 0.717) is 6.54 Å². The summed E-state index contributed by atoms with van der Waals surface area (Å²) in [7, 11) is 0. The van der Waals surface area contributed by atoms with Crippen LogP contribution in [0.25, 0.3) is 16.8 Å². The summed E-state index contributed by atoms with van der Waals surface area (Å²) in [5.74, 6) is -0.340. The summed E-state index contributed by atoms with van der Waals surface area (Å²) in [5, 5.41) is 10.8. The minimum absolute atomic E-state index is 0.0421. The highest BCUT2D eigenvalue weighted by molar-refractivity contribution is 5.63. The van der Waals surface area contributed by atoms with E-state index in [1.807, 2.05) is 24.3 Å². The lowest BCUT2D eigenvalue weighted by Gasteiger charge is -2.07. The highest BCUT2D eigenvalue weighted by atomic mass is 16.6. The SMILES string of the molecule is Cc1ccc(-c2ccc(Cn3ccn4cc([N+](=O)[O-])nc4c3=O)cc2)cc1. The molecule has 0 unspecified atom stereocenters. The standard InChI is InChI=1S/C20H16N4O3/c1-14-2-6-16(7-3-14)17-8-4-15(5-9-17)12-23-11-10-22-13-18(24(26)27)21-19(22)20(23)25/h2-11,13H,12H2,1H3. The summed E-state index contributed by atoms with van der Waals surface area (Å²) in [6, 6.07) is 16.3. The maximum Gasteiger partial charge on any atom is 0.382 e. The number of nitro groups is 1. The minimum Gasteiger partial charge on any atom is -0.358 e. The maximum absolute atomic E-state index is 12.5. The van der Waals surface area contributed by atoms with Gasteiger partial charge in [-0.3, -0.25) is 9.20 Å². The number of fused-ring (bicyclic) bond motifs is 1. The van der Waals surface area contributed by atoms with Gasteiger partial charge in [0.1, 0.15) is 6.20 Å². The zero-order valence-corrected chi connectivity index (χ0v) is 14.6. The van der Waals surface area contributed by atoms with Crippen molar-refractivity contribution in [2.75, 3.05) is 0 Å². The molecule has 0 aliphatic rings. The Bertz CT molecular complexity index is 1190. The number of hydrogen-bond donors (Lipinski definition) is 0. The lowest BCUT2D eigenvalue weighted by Crippen LogP contribution is -2.22. The molecular formula is C20H16N4O3. The summed E-state index contributed by atoms with van der Waals surface area (Å²) in [6.07, 6.45) is 4.43. The molecule has 2 aromatic heterocycles. The van der Waals surface area contributed by atoms with E-state index in [9.17, 15) is 14.9 Å². The molecule has 134 valence electrons. The second kappa shape index (κ2) is 6.53. The molecule has 4 rings (SSSR count). The van der Waals surface area contributed by atoms with Crippen molar-refractivity contribution < 1.29 is 4.92 Å². The Hall–Kier alpha value is -3.74. The van der Waals surface area contributed by atoms with E-state index in [0.717, 1.165) is 16.7 Å². The smallest absolute Gasteiger partial charge is 0.358 e. The second-order valence-electron chi connectivity index (χ2n) is 6.38. The van der Waals surface area contributed by atoms with Crippen molar-refractivity contribution >= 4 is 11.5 Å². The monoisotopic (exact) mass is 360 g/mol. The van der Waals surface area contributed by atoms with Crippen molar-refractivity contribution in [3.8, 4) is 11.1 Å². The zero-order valence-electron chi connectivity index (χ0n) is 14.6. The molecule has 0 bridgehead atoms. The van der Waals surface area contributed by atoms with Gasteiger partial charge in [-0.15, -0.1) is 0 Å². The summed E-state index contributed by atoms with van der Waals surface area (Å²) < 4.78 is 2.87. The van der Waals surface area contributed by atoms with Crippen LogP contribution in [-0.2, 0) is 6.54 Å². The minimum atomic E-state index is -0.611. The predicted molar refractivity (Wildman–Crippen MR) is 102 cm³/mol. The molecule has 27 heavy (non-hydrogen) atoms. The Kier molecular flexibility index (Phi) is 4.04. The van der Waals surface area contributed by atoms with E-state index in [4.69, 9.17) is 0 Å². The molecule has 0 saturated heterocycles. The molecule has 4 aromatic rings. The van der Waals surface area contributed by atoms with Crippen molar-refractivity contribution in [2.24, 2.45) is 0 Å². The molecule has 0 atom stereocenters. The van der Waals surface area contributed by atoms with Crippen LogP contribution in [0.1, 0.15) is 11.1 Å². The molecule has 0 N–H and O–H groups in total. The van der Waals surface area contributed by atoms with Crippen LogP contribution in [0.4, 0.5) is 5.82 Å². The summed E-state index contributed by atoms with van der Waals surface area (Å²) >= 11 is 0. The Morgan fingerprint density at radius 3 is 2.26 bits per heavy atom. The van der Waals surface area contributed by atoms with Gasteiger partial charge in [0.25, 0.3) is 0 Å². The van der Waals surface area contributed by atoms with E-state index < -0.39 is 4.92 Å². The third kappa shape index (κ3) is 3.22. The van der Waals surface area contributed by atoms with Crippen LogP contribution >= 0.6 is 0 Å². The fourth-order valence-electron chi connectivity index (χ4n) is 2.96. The molecule has 2 heterocycles. The van der Waals surface area contributed by atoms with E-state index in [-0.39, 0.29) is 17.0 Å². The van der Waals surface area contributed by atoms with Crippen molar-refractivity contribution in [2.45, 2.75) is 13.5 Å². The molecule has 0 amide bonds. The van der Waals surface area contributed by atoms with E-state index in [1.54, 1.807) is 12.4 Å². The molecule has 0 aliphatic heterocycles. The third-order valence-corrected chi connectivity index (χ3v) is 4.46. The Morgan fingerprint density at radius 2 is 1.63 bits per heavy atom. The highest BCUT2D eigenvalue weighted by Gasteiger charge is 2.17. The topological polar surface area (TPSA) is 82.4 Å².